The van der Waals surface area contributed by atoms with Crippen LogP contribution in [0.1, 0.15) is 17.7 Å². The third-order valence-corrected chi connectivity index (χ3v) is 9.76. The van der Waals surface area contributed by atoms with Crippen LogP contribution in [0.5, 0.6) is 0 Å². The first kappa shape index (κ1) is 21.3. The molecule has 7 nitrogen and oxygen atoms in total. The van der Waals surface area contributed by atoms with E-state index in [0.717, 1.165) is 27.0 Å². The summed E-state index contributed by atoms with van der Waals surface area (Å²) >= 11 is 2.63. The summed E-state index contributed by atoms with van der Waals surface area (Å²) in [5.74, 6) is -0.591. The van der Waals surface area contributed by atoms with Gasteiger partial charge >= 0.3 is 0 Å². The molecular formula is C22H22N4O3S3. The molecule has 0 bridgehead atoms. The van der Waals surface area contributed by atoms with Gasteiger partial charge in [0.05, 0.1) is 11.6 Å². The molecule has 5 rings (SSSR count). The van der Waals surface area contributed by atoms with E-state index in [2.05, 4.69) is 15.3 Å². The van der Waals surface area contributed by atoms with Crippen LogP contribution in [0.4, 0.5) is 5.13 Å². The number of sulfonamides is 1. The smallest absolute Gasteiger partial charge is 0.252 e. The fourth-order valence-corrected chi connectivity index (χ4v) is 7.67. The van der Waals surface area contributed by atoms with E-state index in [9.17, 15) is 13.2 Å². The molecule has 0 radical (unpaired) electrons. The molecule has 0 aliphatic carbocycles. The minimum Gasteiger partial charge on any atom is -0.360 e. The fraction of sp³-hybridized carbons (Fsp3) is 0.273. The van der Waals surface area contributed by atoms with Crippen LogP contribution in [0, 0.1) is 12.8 Å². The van der Waals surface area contributed by atoms with Gasteiger partial charge < -0.3 is 10.3 Å². The third-order valence-electron chi connectivity index (χ3n) is 5.66. The minimum atomic E-state index is -3.57. The molecule has 1 atom stereocenters. The number of carbonyl (C=O) groups is 1. The van der Waals surface area contributed by atoms with E-state index in [4.69, 9.17) is 0 Å². The standard InChI is InChI=1S/C22H22N4O3S3/c1-14-8-9-20(31-14)32(28,29)26-10-4-5-15(12-26)21(27)25-22-24-19(13-30-22)17-11-23-18-7-3-2-6-16(17)18/h2-3,6-9,11,13,15,23H,4-5,10,12H2,1H3,(H,24,25,27). The molecule has 0 saturated carbocycles. The number of H-pyrrole nitrogens is 1. The molecule has 1 amide bonds. The van der Waals surface area contributed by atoms with Crippen LogP contribution in [0.15, 0.2) is 52.2 Å². The average molecular weight is 487 g/mol. The summed E-state index contributed by atoms with van der Waals surface area (Å²) < 4.78 is 27.7. The summed E-state index contributed by atoms with van der Waals surface area (Å²) in [6.45, 7) is 2.51. The van der Waals surface area contributed by atoms with Crippen LogP contribution in [-0.4, -0.2) is 41.7 Å². The number of aromatic nitrogens is 2. The lowest BCUT2D eigenvalue weighted by atomic mass is 9.99. The van der Waals surface area contributed by atoms with Gasteiger partial charge in [0.15, 0.2) is 5.13 Å². The summed E-state index contributed by atoms with van der Waals surface area (Å²) in [4.78, 5) is 21.7. The number of thiazole rings is 1. The lowest BCUT2D eigenvalue weighted by molar-refractivity contribution is -0.120. The predicted octanol–water partition coefficient (Wildman–Crippen LogP) is 4.70. The maximum absolute atomic E-state index is 13.0. The van der Waals surface area contributed by atoms with Crippen LogP contribution >= 0.6 is 22.7 Å². The van der Waals surface area contributed by atoms with E-state index >= 15 is 0 Å². The summed E-state index contributed by atoms with van der Waals surface area (Å²) in [5.41, 5.74) is 2.81. The van der Waals surface area contributed by atoms with Gasteiger partial charge in [-0.3, -0.25) is 4.79 Å². The Balaban J connectivity index is 1.29. The maximum atomic E-state index is 13.0. The van der Waals surface area contributed by atoms with E-state index < -0.39 is 15.9 Å². The molecule has 1 aromatic carbocycles. The van der Waals surface area contributed by atoms with Crippen molar-refractivity contribution in [3.63, 3.8) is 0 Å². The fourth-order valence-electron chi connectivity index (χ4n) is 4.00. The number of amides is 1. The van der Waals surface area contributed by atoms with Gasteiger partial charge in [-0.1, -0.05) is 18.2 Å². The van der Waals surface area contributed by atoms with E-state index in [0.29, 0.717) is 28.7 Å². The molecule has 1 saturated heterocycles. The molecule has 1 unspecified atom stereocenters. The molecule has 2 N–H and O–H groups in total. The highest BCUT2D eigenvalue weighted by Crippen LogP contribution is 2.32. The molecule has 32 heavy (non-hydrogen) atoms. The van der Waals surface area contributed by atoms with Crippen molar-refractivity contribution in [3.8, 4) is 11.3 Å². The zero-order chi connectivity index (χ0) is 22.3. The molecule has 1 fully saturated rings. The van der Waals surface area contributed by atoms with Gasteiger partial charge in [-0.15, -0.1) is 22.7 Å². The van der Waals surface area contributed by atoms with Crippen molar-refractivity contribution < 1.29 is 13.2 Å². The van der Waals surface area contributed by atoms with E-state index in [1.165, 1.54) is 27.0 Å². The first-order valence-electron chi connectivity index (χ1n) is 10.3. The van der Waals surface area contributed by atoms with Gasteiger partial charge in [-0.2, -0.15) is 4.31 Å². The Bertz CT molecular complexity index is 1390. The van der Waals surface area contributed by atoms with Gasteiger partial charge in [-0.05, 0) is 38.0 Å². The van der Waals surface area contributed by atoms with Crippen molar-refractivity contribution in [2.75, 3.05) is 18.4 Å². The van der Waals surface area contributed by atoms with Crippen molar-refractivity contribution in [2.24, 2.45) is 5.92 Å². The predicted molar refractivity (Wildman–Crippen MR) is 129 cm³/mol. The van der Waals surface area contributed by atoms with Gasteiger partial charge in [0, 0.05) is 46.0 Å². The molecule has 1 aliphatic heterocycles. The number of benzene rings is 1. The largest absolute Gasteiger partial charge is 0.360 e. The first-order chi connectivity index (χ1) is 15.4. The number of para-hydroxylation sites is 1. The maximum Gasteiger partial charge on any atom is 0.252 e. The normalized spacial score (nSPS) is 17.6. The van der Waals surface area contributed by atoms with Crippen molar-refractivity contribution in [1.82, 2.24) is 14.3 Å². The summed E-state index contributed by atoms with van der Waals surface area (Å²) in [6, 6.07) is 11.4. The molecule has 4 aromatic rings. The van der Waals surface area contributed by atoms with Crippen LogP contribution < -0.4 is 5.32 Å². The third kappa shape index (κ3) is 3.99. The van der Waals surface area contributed by atoms with Crippen LogP contribution in [0.25, 0.3) is 22.2 Å². The molecule has 0 spiro atoms. The quantitative estimate of drug-likeness (QED) is 0.427. The van der Waals surface area contributed by atoms with Crippen molar-refractivity contribution in [1.29, 1.82) is 0 Å². The number of thiophene rings is 1. The Labute approximate surface area is 194 Å². The molecule has 3 aromatic heterocycles. The number of nitrogens with one attached hydrogen (secondary N) is 2. The zero-order valence-electron chi connectivity index (χ0n) is 17.4. The van der Waals surface area contributed by atoms with E-state index in [1.807, 2.05) is 42.8 Å². The number of anilines is 1. The highest BCUT2D eigenvalue weighted by atomic mass is 32.2. The van der Waals surface area contributed by atoms with Crippen LogP contribution in [0.2, 0.25) is 0 Å². The Morgan fingerprint density at radius 2 is 2.09 bits per heavy atom. The molecular weight excluding hydrogens is 464 g/mol. The minimum absolute atomic E-state index is 0.186. The molecule has 4 heterocycles. The second-order valence-electron chi connectivity index (χ2n) is 7.84. The second-order valence-corrected chi connectivity index (χ2v) is 12.2. The highest BCUT2D eigenvalue weighted by Gasteiger charge is 2.34. The van der Waals surface area contributed by atoms with Crippen LogP contribution in [0.3, 0.4) is 0 Å². The Morgan fingerprint density at radius 1 is 1.25 bits per heavy atom. The van der Waals surface area contributed by atoms with Crippen molar-refractivity contribution in [2.45, 2.75) is 24.0 Å². The van der Waals surface area contributed by atoms with Gasteiger partial charge in [-0.25, -0.2) is 13.4 Å². The Morgan fingerprint density at radius 3 is 2.91 bits per heavy atom. The number of carbonyl (C=O) groups excluding carboxylic acids is 1. The average Bonchev–Trinajstić information content (AvgIpc) is 3.53. The van der Waals surface area contributed by atoms with Crippen molar-refractivity contribution in [3.05, 3.63) is 52.9 Å². The number of hydrogen-bond acceptors (Lipinski definition) is 6. The monoisotopic (exact) mass is 486 g/mol. The van der Waals surface area contributed by atoms with E-state index in [1.54, 1.807) is 12.1 Å². The van der Waals surface area contributed by atoms with Crippen molar-refractivity contribution >= 4 is 54.6 Å². The van der Waals surface area contributed by atoms with Gasteiger partial charge in [0.1, 0.15) is 4.21 Å². The Kier molecular flexibility index (Phi) is 5.62. The topological polar surface area (TPSA) is 95.2 Å². The number of aromatic amines is 1. The number of rotatable bonds is 5. The van der Waals surface area contributed by atoms with E-state index in [-0.39, 0.29) is 12.5 Å². The summed E-state index contributed by atoms with van der Waals surface area (Å²) in [7, 11) is -3.57. The van der Waals surface area contributed by atoms with Crippen LogP contribution in [-0.2, 0) is 14.8 Å². The number of piperidine rings is 1. The zero-order valence-corrected chi connectivity index (χ0v) is 19.8. The Hall–Kier alpha value is -2.53. The number of hydrogen-bond donors (Lipinski definition) is 2. The van der Waals surface area contributed by atoms with Gasteiger partial charge in [0.2, 0.25) is 5.91 Å². The molecule has 1 aliphatic rings. The number of fused-ring (bicyclic) bond motifs is 1. The van der Waals surface area contributed by atoms with Gasteiger partial charge in [0.25, 0.3) is 10.0 Å². The molecule has 166 valence electrons. The molecule has 10 heteroatoms. The SMILES string of the molecule is Cc1ccc(S(=O)(=O)N2CCCC(C(=O)Nc3nc(-c4c[nH]c5ccccc45)cs3)C2)s1. The lowest BCUT2D eigenvalue weighted by Crippen LogP contribution is -2.43. The second kappa shape index (κ2) is 8.43. The number of nitrogens with zero attached hydrogens (tertiary/aromatic N) is 2. The highest BCUT2D eigenvalue weighted by molar-refractivity contribution is 7.91. The lowest BCUT2D eigenvalue weighted by Gasteiger charge is -2.30. The first-order valence-corrected chi connectivity index (χ1v) is 13.4. The number of aryl methyl sites for hydroxylation is 1. The summed E-state index contributed by atoms with van der Waals surface area (Å²) in [5, 5.41) is 6.41. The summed E-state index contributed by atoms with van der Waals surface area (Å²) in [6.07, 6.45) is 3.23.